The molecule has 7 nitrogen and oxygen atoms in total. The van der Waals surface area contributed by atoms with E-state index in [2.05, 4.69) is 10.2 Å². The van der Waals surface area contributed by atoms with Gasteiger partial charge in [-0.1, -0.05) is 0 Å². The van der Waals surface area contributed by atoms with Gasteiger partial charge in [0.2, 0.25) is 5.91 Å². The monoisotopic (exact) mass is 379 g/mol. The first kappa shape index (κ1) is 17.9. The number of aryl methyl sites for hydroxylation is 1. The van der Waals surface area contributed by atoms with Crippen LogP contribution < -0.4 is 11.1 Å². The Kier molecular flexibility index (Phi) is 4.77. The first-order valence-corrected chi connectivity index (χ1v) is 10.1. The van der Waals surface area contributed by atoms with Gasteiger partial charge in [0.1, 0.15) is 5.00 Å². The smallest absolute Gasteiger partial charge is 0.251 e. The fourth-order valence-corrected chi connectivity index (χ4v) is 5.47. The SMILES string of the molecule is CC(C(=O)Nc1sc2c(c1C(N)=O)CCC2)N1CCC2(CC1)OCCO2. The molecule has 0 aromatic carbocycles. The molecule has 1 aromatic heterocycles. The third-order valence-corrected chi connectivity index (χ3v) is 6.91. The molecule has 26 heavy (non-hydrogen) atoms. The molecule has 3 heterocycles. The van der Waals surface area contributed by atoms with E-state index in [1.54, 1.807) is 0 Å². The average Bonchev–Trinajstić information content (AvgIpc) is 3.31. The fourth-order valence-electron chi connectivity index (χ4n) is 4.17. The Hall–Kier alpha value is -1.48. The summed E-state index contributed by atoms with van der Waals surface area (Å²) in [6.07, 6.45) is 4.41. The predicted molar refractivity (Wildman–Crippen MR) is 98.4 cm³/mol. The van der Waals surface area contributed by atoms with Gasteiger partial charge in [-0.25, -0.2) is 0 Å². The molecule has 142 valence electrons. The van der Waals surface area contributed by atoms with E-state index in [-0.39, 0.29) is 11.9 Å². The van der Waals surface area contributed by atoms with Crippen LogP contribution in [-0.2, 0) is 27.1 Å². The number of piperidine rings is 1. The van der Waals surface area contributed by atoms with Crippen LogP contribution in [0, 0.1) is 0 Å². The lowest BCUT2D eigenvalue weighted by atomic mass is 10.0. The maximum Gasteiger partial charge on any atom is 0.251 e. The van der Waals surface area contributed by atoms with Gasteiger partial charge in [-0.05, 0) is 31.7 Å². The molecule has 1 aliphatic carbocycles. The third-order valence-electron chi connectivity index (χ3n) is 5.70. The van der Waals surface area contributed by atoms with E-state index < -0.39 is 11.7 Å². The summed E-state index contributed by atoms with van der Waals surface area (Å²) in [5.74, 6) is -1.00. The summed E-state index contributed by atoms with van der Waals surface area (Å²) in [4.78, 5) is 28.0. The van der Waals surface area contributed by atoms with Crippen molar-refractivity contribution in [3.63, 3.8) is 0 Å². The Morgan fingerprint density at radius 3 is 2.58 bits per heavy atom. The molecular formula is C18H25N3O4S. The molecule has 0 radical (unpaired) electrons. The molecule has 0 saturated carbocycles. The largest absolute Gasteiger partial charge is 0.365 e. The highest BCUT2D eigenvalue weighted by Gasteiger charge is 2.41. The maximum absolute atomic E-state index is 12.8. The van der Waals surface area contributed by atoms with Crippen LogP contribution in [0.25, 0.3) is 0 Å². The number of primary amides is 1. The highest BCUT2D eigenvalue weighted by atomic mass is 32.1. The number of ether oxygens (including phenoxy) is 2. The van der Waals surface area contributed by atoms with E-state index >= 15 is 0 Å². The highest BCUT2D eigenvalue weighted by Crippen LogP contribution is 2.39. The molecule has 8 heteroatoms. The number of nitrogens with one attached hydrogen (secondary N) is 1. The molecule has 3 aliphatic rings. The van der Waals surface area contributed by atoms with Crippen LogP contribution in [0.15, 0.2) is 0 Å². The van der Waals surface area contributed by atoms with E-state index in [0.717, 1.165) is 50.8 Å². The Morgan fingerprint density at radius 1 is 1.23 bits per heavy atom. The predicted octanol–water partition coefficient (Wildman–Crippen LogP) is 1.50. The first-order valence-electron chi connectivity index (χ1n) is 9.26. The van der Waals surface area contributed by atoms with Gasteiger partial charge in [-0.2, -0.15) is 0 Å². The minimum absolute atomic E-state index is 0.100. The van der Waals surface area contributed by atoms with Crippen LogP contribution in [0.1, 0.15) is 47.0 Å². The molecule has 2 saturated heterocycles. The third kappa shape index (κ3) is 3.15. The van der Waals surface area contributed by atoms with Gasteiger partial charge in [-0.15, -0.1) is 11.3 Å². The number of nitrogens with two attached hydrogens (primary N) is 1. The van der Waals surface area contributed by atoms with E-state index in [1.807, 2.05) is 6.92 Å². The van der Waals surface area contributed by atoms with Crippen molar-refractivity contribution < 1.29 is 19.1 Å². The van der Waals surface area contributed by atoms with Crippen LogP contribution in [0.4, 0.5) is 5.00 Å². The normalized spacial score (nSPS) is 23.1. The van der Waals surface area contributed by atoms with Crippen LogP contribution in [0.3, 0.4) is 0 Å². The molecule has 4 rings (SSSR count). The van der Waals surface area contributed by atoms with Crippen LogP contribution >= 0.6 is 11.3 Å². The number of likely N-dealkylation sites (tertiary alicyclic amines) is 1. The van der Waals surface area contributed by atoms with Crippen molar-refractivity contribution in [2.24, 2.45) is 5.73 Å². The molecule has 2 amide bonds. The lowest BCUT2D eigenvalue weighted by molar-refractivity contribution is -0.187. The zero-order valence-electron chi connectivity index (χ0n) is 15.0. The molecule has 3 N–H and O–H groups in total. The fraction of sp³-hybridized carbons (Fsp3) is 0.667. The topological polar surface area (TPSA) is 93.9 Å². The van der Waals surface area contributed by atoms with Gasteiger partial charge in [0.15, 0.2) is 5.79 Å². The summed E-state index contributed by atoms with van der Waals surface area (Å²) in [5.41, 5.74) is 7.11. The number of carbonyl (C=O) groups excluding carboxylic acids is 2. The lowest BCUT2D eigenvalue weighted by Gasteiger charge is -2.39. The molecule has 1 atom stereocenters. The maximum atomic E-state index is 12.8. The number of amides is 2. The van der Waals surface area contributed by atoms with E-state index in [1.165, 1.54) is 16.2 Å². The molecule has 0 bridgehead atoms. The van der Waals surface area contributed by atoms with Gasteiger partial charge in [-0.3, -0.25) is 14.5 Å². The second-order valence-corrected chi connectivity index (χ2v) is 8.34. The number of carbonyl (C=O) groups is 2. The number of fused-ring (bicyclic) bond motifs is 1. The molecule has 1 aromatic rings. The number of hydrogen-bond donors (Lipinski definition) is 2. The molecule has 2 aliphatic heterocycles. The second-order valence-electron chi connectivity index (χ2n) is 7.23. The summed E-state index contributed by atoms with van der Waals surface area (Å²) in [7, 11) is 0. The summed E-state index contributed by atoms with van der Waals surface area (Å²) in [5, 5.41) is 3.56. The molecular weight excluding hydrogens is 354 g/mol. The first-order chi connectivity index (χ1) is 12.5. The standard InChI is InChI=1S/C18H25N3O4S/c1-11(21-7-5-18(6-8-21)24-9-10-25-18)16(23)20-17-14(15(19)22)12-3-2-4-13(12)26-17/h11H,2-10H2,1H3,(H2,19,22)(H,20,23). The van der Waals surface area contributed by atoms with Crippen LogP contribution in [0.5, 0.6) is 0 Å². The van der Waals surface area contributed by atoms with Gasteiger partial charge in [0.05, 0.1) is 24.8 Å². The minimum atomic E-state index is -0.456. The Labute approximate surface area is 156 Å². The van der Waals surface area contributed by atoms with Crippen molar-refractivity contribution >= 4 is 28.2 Å². The average molecular weight is 379 g/mol. The Morgan fingerprint density at radius 2 is 1.92 bits per heavy atom. The van der Waals surface area contributed by atoms with E-state index in [0.29, 0.717) is 23.8 Å². The van der Waals surface area contributed by atoms with Crippen molar-refractivity contribution in [2.45, 2.75) is 50.9 Å². The summed E-state index contributed by atoms with van der Waals surface area (Å²) < 4.78 is 11.5. The number of anilines is 1. The van der Waals surface area contributed by atoms with Crippen molar-refractivity contribution in [2.75, 3.05) is 31.6 Å². The second kappa shape index (κ2) is 6.92. The summed E-state index contributed by atoms with van der Waals surface area (Å²) >= 11 is 1.49. The zero-order valence-corrected chi connectivity index (χ0v) is 15.8. The quantitative estimate of drug-likeness (QED) is 0.827. The van der Waals surface area contributed by atoms with Crippen molar-refractivity contribution in [3.8, 4) is 0 Å². The lowest BCUT2D eigenvalue weighted by Crippen LogP contribution is -2.51. The molecule has 1 unspecified atom stereocenters. The van der Waals surface area contributed by atoms with Crippen molar-refractivity contribution in [1.29, 1.82) is 0 Å². The van der Waals surface area contributed by atoms with Gasteiger partial charge >= 0.3 is 0 Å². The number of nitrogens with zero attached hydrogens (tertiary/aromatic N) is 1. The van der Waals surface area contributed by atoms with Crippen molar-refractivity contribution in [1.82, 2.24) is 4.90 Å². The number of thiophene rings is 1. The Balaban J connectivity index is 1.42. The van der Waals surface area contributed by atoms with Crippen LogP contribution in [-0.4, -0.2) is 54.8 Å². The summed E-state index contributed by atoms with van der Waals surface area (Å²) in [6, 6.07) is -0.286. The highest BCUT2D eigenvalue weighted by molar-refractivity contribution is 7.17. The number of rotatable bonds is 4. The van der Waals surface area contributed by atoms with E-state index in [9.17, 15) is 9.59 Å². The van der Waals surface area contributed by atoms with Gasteiger partial charge in [0, 0.05) is 30.8 Å². The van der Waals surface area contributed by atoms with Crippen LogP contribution in [0.2, 0.25) is 0 Å². The Bertz CT molecular complexity index is 716. The van der Waals surface area contributed by atoms with E-state index in [4.69, 9.17) is 15.2 Å². The number of hydrogen-bond acceptors (Lipinski definition) is 6. The zero-order chi connectivity index (χ0) is 18.3. The molecule has 2 fully saturated rings. The van der Waals surface area contributed by atoms with Crippen molar-refractivity contribution in [3.05, 3.63) is 16.0 Å². The molecule has 1 spiro atoms. The summed E-state index contributed by atoms with van der Waals surface area (Å²) in [6.45, 7) is 4.69. The van der Waals surface area contributed by atoms with Gasteiger partial charge < -0.3 is 20.5 Å². The minimum Gasteiger partial charge on any atom is -0.365 e. The van der Waals surface area contributed by atoms with Gasteiger partial charge in [0.25, 0.3) is 5.91 Å².